The monoisotopic (exact) mass is 390 g/mol. The van der Waals surface area contributed by atoms with Gasteiger partial charge in [-0.25, -0.2) is 10.4 Å². The molecule has 0 bridgehead atoms. The van der Waals surface area contributed by atoms with Gasteiger partial charge in [0.2, 0.25) is 0 Å². The fourth-order valence-corrected chi connectivity index (χ4v) is 2.55. The highest BCUT2D eigenvalue weighted by atomic mass is 35.5. The molecule has 1 heterocycles. The Morgan fingerprint density at radius 2 is 1.83 bits per heavy atom. The summed E-state index contributed by atoms with van der Waals surface area (Å²) in [5, 5.41) is 4.26. The minimum Gasteiger partial charge on any atom is -0.396 e. The molecule has 0 fully saturated rings. The van der Waals surface area contributed by atoms with Crippen LogP contribution in [0.3, 0.4) is 0 Å². The molecule has 1 aromatic heterocycles. The Balaban J connectivity index is 2.27. The van der Waals surface area contributed by atoms with E-state index in [4.69, 9.17) is 52.1 Å². The summed E-state index contributed by atoms with van der Waals surface area (Å²) in [6.45, 7) is 1.69. The number of carbonyl (C=O) groups excluding carboxylic acids is 1. The van der Waals surface area contributed by atoms with Gasteiger partial charge in [0.1, 0.15) is 5.02 Å². The Labute approximate surface area is 152 Å². The molecule has 2 aromatic rings. The number of anilines is 1. The first-order valence-corrected chi connectivity index (χ1v) is 7.73. The molecule has 2 rings (SSSR count). The van der Waals surface area contributed by atoms with E-state index in [1.165, 1.54) is 0 Å². The van der Waals surface area contributed by atoms with Crippen LogP contribution < -0.4 is 11.2 Å². The molecule has 9 heteroatoms. The van der Waals surface area contributed by atoms with Crippen molar-refractivity contribution in [2.45, 2.75) is 6.92 Å². The summed E-state index contributed by atoms with van der Waals surface area (Å²) < 4.78 is 0. The van der Waals surface area contributed by atoms with Gasteiger partial charge < -0.3 is 5.73 Å². The minimum atomic E-state index is -0.674. The van der Waals surface area contributed by atoms with Crippen molar-refractivity contribution in [1.82, 2.24) is 10.4 Å². The molecule has 0 aliphatic rings. The molecule has 0 atom stereocenters. The maximum atomic E-state index is 12.1. The molecule has 0 aliphatic carbocycles. The fraction of sp³-hybridized carbons (Fsp3) is 0.0714. The Hall–Kier alpha value is -1.53. The van der Waals surface area contributed by atoms with Crippen LogP contribution in [0, 0.1) is 0 Å². The summed E-state index contributed by atoms with van der Waals surface area (Å²) in [7, 11) is 0. The maximum Gasteiger partial charge on any atom is 0.291 e. The Bertz CT molecular complexity index is 808. The number of nitrogen functional groups attached to an aromatic ring is 1. The van der Waals surface area contributed by atoms with Crippen molar-refractivity contribution in [3.05, 3.63) is 55.7 Å². The predicted octanol–water partition coefficient (Wildman–Crippen LogP) is 4.43. The lowest BCUT2D eigenvalue weighted by molar-refractivity contribution is 0.0950. The molecule has 3 N–H and O–H groups in total. The van der Waals surface area contributed by atoms with E-state index in [1.54, 1.807) is 31.2 Å². The molecular formula is C14H10Cl4N4O. The number of nitrogens with one attached hydrogen (secondary N) is 1. The van der Waals surface area contributed by atoms with Crippen LogP contribution in [-0.2, 0) is 0 Å². The van der Waals surface area contributed by atoms with Gasteiger partial charge in [-0.3, -0.25) is 4.79 Å². The number of rotatable bonds is 3. The minimum absolute atomic E-state index is 0.0102. The van der Waals surface area contributed by atoms with Gasteiger partial charge in [0.15, 0.2) is 10.8 Å². The number of aromatic nitrogens is 1. The summed E-state index contributed by atoms with van der Waals surface area (Å²) in [4.78, 5) is 16.0. The second-order valence-corrected chi connectivity index (χ2v) is 5.93. The fourth-order valence-electron chi connectivity index (χ4n) is 1.68. The predicted molar refractivity (Wildman–Crippen MR) is 94.8 cm³/mol. The largest absolute Gasteiger partial charge is 0.396 e. The lowest BCUT2D eigenvalue weighted by Gasteiger charge is -2.08. The number of nitrogens with zero attached hydrogens (tertiary/aromatic N) is 2. The molecule has 0 spiro atoms. The van der Waals surface area contributed by atoms with Gasteiger partial charge in [0.25, 0.3) is 5.91 Å². The highest BCUT2D eigenvalue weighted by Gasteiger charge is 2.19. The zero-order valence-corrected chi connectivity index (χ0v) is 14.7. The number of hydrazone groups is 1. The SMILES string of the molecule is C/C(=N\NC(=O)c1nc(Cl)c(Cl)c(N)c1Cl)c1ccccc1Cl. The quantitative estimate of drug-likeness (QED) is 0.461. The average Bonchev–Trinajstić information content (AvgIpc) is 2.54. The zero-order chi connectivity index (χ0) is 17.1. The standard InChI is InChI=1S/C14H10Cl4N4O/c1-6(7-4-2-3-5-8(7)15)21-22-14(23)12-9(16)11(19)10(17)13(18)20-12/h2-5H,1H3,(H2,19,20)(H,22,23)/b21-6+. The first kappa shape index (κ1) is 17.8. The van der Waals surface area contributed by atoms with Gasteiger partial charge in [-0.1, -0.05) is 64.6 Å². The third-order valence-corrected chi connectivity index (χ3v) is 4.34. The van der Waals surface area contributed by atoms with Crippen LogP contribution in [0.2, 0.25) is 20.2 Å². The Kier molecular flexibility index (Phi) is 5.70. The lowest BCUT2D eigenvalue weighted by atomic mass is 10.1. The van der Waals surface area contributed by atoms with Crippen LogP contribution >= 0.6 is 46.4 Å². The third kappa shape index (κ3) is 3.87. The normalized spacial score (nSPS) is 11.4. The summed E-state index contributed by atoms with van der Waals surface area (Å²) in [6.07, 6.45) is 0. The topological polar surface area (TPSA) is 80.4 Å². The van der Waals surface area contributed by atoms with Crippen molar-refractivity contribution >= 4 is 63.7 Å². The van der Waals surface area contributed by atoms with Crippen LogP contribution in [0.1, 0.15) is 23.0 Å². The second kappa shape index (κ2) is 7.36. The summed E-state index contributed by atoms with van der Waals surface area (Å²) in [5.41, 5.74) is 8.99. The highest BCUT2D eigenvalue weighted by molar-refractivity contribution is 6.46. The van der Waals surface area contributed by atoms with Crippen molar-refractivity contribution < 1.29 is 4.79 Å². The van der Waals surface area contributed by atoms with Gasteiger partial charge in [-0.05, 0) is 13.0 Å². The molecule has 0 unspecified atom stereocenters. The number of hydrogen-bond acceptors (Lipinski definition) is 4. The van der Waals surface area contributed by atoms with Gasteiger partial charge in [0.05, 0.1) is 16.4 Å². The number of nitrogens with two attached hydrogens (primary N) is 1. The first-order valence-electron chi connectivity index (χ1n) is 6.22. The molecule has 0 saturated carbocycles. The summed E-state index contributed by atoms with van der Waals surface area (Å²) in [6, 6.07) is 7.09. The van der Waals surface area contributed by atoms with Crippen LogP contribution in [0.25, 0.3) is 0 Å². The molecule has 1 aromatic carbocycles. The number of pyridine rings is 1. The van der Waals surface area contributed by atoms with E-state index in [9.17, 15) is 4.79 Å². The van der Waals surface area contributed by atoms with Gasteiger partial charge in [0, 0.05) is 10.6 Å². The lowest BCUT2D eigenvalue weighted by Crippen LogP contribution is -2.21. The number of amides is 1. The van der Waals surface area contributed by atoms with Crippen LogP contribution in [0.15, 0.2) is 29.4 Å². The Morgan fingerprint density at radius 3 is 2.48 bits per heavy atom. The molecule has 5 nitrogen and oxygen atoms in total. The molecule has 0 radical (unpaired) electrons. The van der Waals surface area contributed by atoms with E-state index in [0.717, 1.165) is 0 Å². The van der Waals surface area contributed by atoms with Crippen LogP contribution in [0.5, 0.6) is 0 Å². The maximum absolute atomic E-state index is 12.1. The molecule has 0 aliphatic heterocycles. The van der Waals surface area contributed by atoms with E-state index in [-0.39, 0.29) is 26.6 Å². The second-order valence-electron chi connectivity index (χ2n) is 4.41. The van der Waals surface area contributed by atoms with E-state index < -0.39 is 5.91 Å². The number of halogens is 4. The molecule has 0 saturated heterocycles. The third-order valence-electron chi connectivity index (χ3n) is 2.88. The zero-order valence-electron chi connectivity index (χ0n) is 11.7. The molecule has 23 heavy (non-hydrogen) atoms. The van der Waals surface area contributed by atoms with Crippen molar-refractivity contribution in [3.63, 3.8) is 0 Å². The summed E-state index contributed by atoms with van der Waals surface area (Å²) >= 11 is 23.6. The van der Waals surface area contributed by atoms with Gasteiger partial charge >= 0.3 is 0 Å². The van der Waals surface area contributed by atoms with Gasteiger partial charge in [-0.2, -0.15) is 5.10 Å². The van der Waals surface area contributed by atoms with E-state index in [1.807, 2.05) is 0 Å². The first-order chi connectivity index (χ1) is 10.8. The number of hydrogen-bond donors (Lipinski definition) is 2. The van der Waals surface area contributed by atoms with Gasteiger partial charge in [-0.15, -0.1) is 0 Å². The van der Waals surface area contributed by atoms with E-state index in [0.29, 0.717) is 16.3 Å². The Morgan fingerprint density at radius 1 is 1.17 bits per heavy atom. The average molecular weight is 392 g/mol. The van der Waals surface area contributed by atoms with E-state index >= 15 is 0 Å². The highest BCUT2D eigenvalue weighted by Crippen LogP contribution is 2.34. The molecular weight excluding hydrogens is 382 g/mol. The van der Waals surface area contributed by atoms with Crippen molar-refractivity contribution in [2.75, 3.05) is 5.73 Å². The smallest absolute Gasteiger partial charge is 0.291 e. The summed E-state index contributed by atoms with van der Waals surface area (Å²) in [5.74, 6) is -0.674. The van der Waals surface area contributed by atoms with E-state index in [2.05, 4.69) is 15.5 Å². The number of benzene rings is 1. The van der Waals surface area contributed by atoms with Crippen molar-refractivity contribution in [2.24, 2.45) is 5.10 Å². The number of carbonyl (C=O) groups is 1. The molecule has 1 amide bonds. The van der Waals surface area contributed by atoms with Crippen molar-refractivity contribution in [3.8, 4) is 0 Å². The van der Waals surface area contributed by atoms with Crippen LogP contribution in [0.4, 0.5) is 5.69 Å². The van der Waals surface area contributed by atoms with Crippen molar-refractivity contribution in [1.29, 1.82) is 0 Å². The molecule has 120 valence electrons. The van der Waals surface area contributed by atoms with Crippen LogP contribution in [-0.4, -0.2) is 16.6 Å².